The highest BCUT2D eigenvalue weighted by Crippen LogP contribution is 2.15. The Kier molecular flexibility index (Phi) is 6.71. The topological polar surface area (TPSA) is 42.0 Å². The fourth-order valence-corrected chi connectivity index (χ4v) is 3.41. The fraction of sp³-hybridized carbons (Fsp3) is 1.00. The van der Waals surface area contributed by atoms with Crippen molar-refractivity contribution in [2.75, 3.05) is 66.0 Å². The number of nitrogens with one attached hydrogen (secondary N) is 1. The van der Waals surface area contributed by atoms with Crippen LogP contribution in [0.15, 0.2) is 0 Å². The summed E-state index contributed by atoms with van der Waals surface area (Å²) in [4.78, 5) is 7.26. The number of aliphatic hydroxyl groups is 1. The smallest absolute Gasteiger partial charge is 0.0793 e. The van der Waals surface area contributed by atoms with E-state index in [0.717, 1.165) is 39.3 Å². The van der Waals surface area contributed by atoms with Crippen molar-refractivity contribution in [2.24, 2.45) is 0 Å². The first-order valence-corrected chi connectivity index (χ1v) is 8.22. The largest absolute Gasteiger partial charge is 0.390 e. The van der Waals surface area contributed by atoms with Crippen LogP contribution in [0, 0.1) is 0 Å². The van der Waals surface area contributed by atoms with Gasteiger partial charge >= 0.3 is 0 Å². The Morgan fingerprint density at radius 2 is 1.80 bits per heavy atom. The van der Waals surface area contributed by atoms with Crippen LogP contribution in [-0.4, -0.2) is 97.9 Å². The predicted molar refractivity (Wildman–Crippen MR) is 83.1 cm³/mol. The van der Waals surface area contributed by atoms with Crippen LogP contribution in [0.2, 0.25) is 0 Å². The second-order valence-corrected chi connectivity index (χ2v) is 6.31. The van der Waals surface area contributed by atoms with E-state index < -0.39 is 0 Å². The Morgan fingerprint density at radius 3 is 2.40 bits per heavy atom. The first-order valence-electron chi connectivity index (χ1n) is 8.22. The maximum atomic E-state index is 10.3. The Labute approximate surface area is 123 Å². The van der Waals surface area contributed by atoms with Gasteiger partial charge in [0.1, 0.15) is 0 Å². The minimum absolute atomic E-state index is 0.220. The van der Waals surface area contributed by atoms with Crippen molar-refractivity contribution in [3.8, 4) is 0 Å². The van der Waals surface area contributed by atoms with E-state index in [1.54, 1.807) is 0 Å². The summed E-state index contributed by atoms with van der Waals surface area (Å²) in [5, 5.41) is 13.6. The molecule has 0 saturated carbocycles. The molecule has 2 aliphatic rings. The average molecular weight is 284 g/mol. The quantitative estimate of drug-likeness (QED) is 0.699. The van der Waals surface area contributed by atoms with Crippen LogP contribution < -0.4 is 5.32 Å². The summed E-state index contributed by atoms with van der Waals surface area (Å²) < 4.78 is 0. The van der Waals surface area contributed by atoms with Gasteiger partial charge in [-0.05, 0) is 39.5 Å². The van der Waals surface area contributed by atoms with Crippen LogP contribution in [0.1, 0.15) is 19.8 Å². The molecule has 1 unspecified atom stereocenters. The Bertz CT molecular complexity index is 263. The van der Waals surface area contributed by atoms with Crippen molar-refractivity contribution in [3.05, 3.63) is 0 Å². The molecule has 0 aliphatic carbocycles. The minimum Gasteiger partial charge on any atom is -0.390 e. The zero-order valence-corrected chi connectivity index (χ0v) is 13.2. The normalized spacial score (nSPS) is 25.2. The summed E-state index contributed by atoms with van der Waals surface area (Å²) in [6.45, 7) is 11.7. The van der Waals surface area contributed by atoms with Crippen molar-refractivity contribution in [3.63, 3.8) is 0 Å². The first-order chi connectivity index (χ1) is 9.69. The fourth-order valence-electron chi connectivity index (χ4n) is 3.41. The summed E-state index contributed by atoms with van der Waals surface area (Å²) in [5.41, 5.74) is 0. The predicted octanol–water partition coefficient (Wildman–Crippen LogP) is -0.331. The van der Waals surface area contributed by atoms with Gasteiger partial charge in [0.05, 0.1) is 6.10 Å². The molecule has 118 valence electrons. The molecule has 20 heavy (non-hydrogen) atoms. The molecule has 2 heterocycles. The van der Waals surface area contributed by atoms with Gasteiger partial charge in [0.15, 0.2) is 0 Å². The van der Waals surface area contributed by atoms with Crippen LogP contribution in [0.3, 0.4) is 0 Å². The molecule has 2 aliphatic heterocycles. The van der Waals surface area contributed by atoms with Crippen LogP contribution >= 0.6 is 0 Å². The number of β-amino-alcohol motifs (C(OH)–C–C–N with tert-alkyl or cyclic N) is 1. The molecule has 5 heteroatoms. The molecule has 0 aromatic rings. The summed E-state index contributed by atoms with van der Waals surface area (Å²) in [6, 6.07) is 0.649. The maximum Gasteiger partial charge on any atom is 0.0793 e. The zero-order chi connectivity index (χ0) is 14.4. The lowest BCUT2D eigenvalue weighted by Crippen LogP contribution is -2.50. The number of aliphatic hydroxyl groups excluding tert-OH is 1. The van der Waals surface area contributed by atoms with Crippen molar-refractivity contribution in [1.82, 2.24) is 20.0 Å². The third-order valence-electron chi connectivity index (χ3n) is 4.80. The molecule has 2 N–H and O–H groups in total. The summed E-state index contributed by atoms with van der Waals surface area (Å²) in [5.74, 6) is 0. The number of hydrogen-bond donors (Lipinski definition) is 2. The van der Waals surface area contributed by atoms with Gasteiger partial charge in [0, 0.05) is 45.3 Å². The van der Waals surface area contributed by atoms with Gasteiger partial charge in [-0.1, -0.05) is 6.92 Å². The molecule has 0 amide bonds. The Balaban J connectivity index is 1.66. The molecule has 2 saturated heterocycles. The molecule has 1 atom stereocenters. The summed E-state index contributed by atoms with van der Waals surface area (Å²) in [6.07, 6.45) is 2.26. The van der Waals surface area contributed by atoms with E-state index in [0.29, 0.717) is 6.04 Å². The molecule has 0 aromatic heterocycles. The van der Waals surface area contributed by atoms with Crippen LogP contribution in [0.4, 0.5) is 0 Å². The lowest BCUT2D eigenvalue weighted by Gasteiger charge is -2.37. The average Bonchev–Trinajstić information content (AvgIpc) is 2.48. The molecular formula is C15H32N4O. The zero-order valence-electron chi connectivity index (χ0n) is 13.2. The summed E-state index contributed by atoms with van der Waals surface area (Å²) in [7, 11) is 2.17. The van der Waals surface area contributed by atoms with Gasteiger partial charge in [0.25, 0.3) is 0 Å². The molecule has 0 radical (unpaired) electrons. The van der Waals surface area contributed by atoms with Crippen LogP contribution in [0.5, 0.6) is 0 Å². The van der Waals surface area contributed by atoms with Crippen molar-refractivity contribution in [2.45, 2.75) is 31.9 Å². The van der Waals surface area contributed by atoms with Crippen LogP contribution in [0.25, 0.3) is 0 Å². The number of rotatable bonds is 6. The molecule has 2 fully saturated rings. The maximum absolute atomic E-state index is 10.3. The Hall–Kier alpha value is -0.200. The second-order valence-electron chi connectivity index (χ2n) is 6.31. The van der Waals surface area contributed by atoms with Crippen molar-refractivity contribution >= 4 is 0 Å². The number of nitrogens with zero attached hydrogens (tertiary/aromatic N) is 3. The third kappa shape index (κ3) is 4.97. The second kappa shape index (κ2) is 8.29. The van der Waals surface area contributed by atoms with E-state index in [-0.39, 0.29) is 6.10 Å². The van der Waals surface area contributed by atoms with Crippen molar-refractivity contribution in [1.29, 1.82) is 0 Å². The molecular weight excluding hydrogens is 252 g/mol. The summed E-state index contributed by atoms with van der Waals surface area (Å²) >= 11 is 0. The first kappa shape index (κ1) is 16.2. The van der Waals surface area contributed by atoms with Gasteiger partial charge in [-0.3, -0.25) is 4.90 Å². The highest BCUT2D eigenvalue weighted by molar-refractivity contribution is 4.80. The van der Waals surface area contributed by atoms with Crippen molar-refractivity contribution < 1.29 is 5.11 Å². The standard InChI is InChI=1S/C15H32N4O/c1-3-18-8-4-14(5-9-18)17(2)12-15(20)13-19-10-6-16-7-11-19/h14-16,20H,3-13H2,1-2H3. The highest BCUT2D eigenvalue weighted by atomic mass is 16.3. The van der Waals surface area contributed by atoms with Gasteiger partial charge in [-0.2, -0.15) is 0 Å². The SMILES string of the molecule is CCN1CCC(N(C)CC(O)CN2CCNCC2)CC1. The number of likely N-dealkylation sites (N-methyl/N-ethyl adjacent to an activating group) is 1. The lowest BCUT2D eigenvalue weighted by molar-refractivity contribution is 0.0495. The van der Waals surface area contributed by atoms with Gasteiger partial charge < -0.3 is 20.2 Å². The number of piperidine rings is 1. The van der Waals surface area contributed by atoms with E-state index >= 15 is 0 Å². The number of hydrogen-bond acceptors (Lipinski definition) is 5. The number of likely N-dealkylation sites (tertiary alicyclic amines) is 1. The van der Waals surface area contributed by atoms with Crippen LogP contribution in [-0.2, 0) is 0 Å². The Morgan fingerprint density at radius 1 is 1.15 bits per heavy atom. The molecule has 0 aromatic carbocycles. The number of piperazine rings is 1. The molecule has 0 bridgehead atoms. The monoisotopic (exact) mass is 284 g/mol. The van der Waals surface area contributed by atoms with Gasteiger partial charge in [-0.15, -0.1) is 0 Å². The molecule has 2 rings (SSSR count). The highest BCUT2D eigenvalue weighted by Gasteiger charge is 2.23. The molecule has 0 spiro atoms. The van der Waals surface area contributed by atoms with E-state index in [9.17, 15) is 5.11 Å². The van der Waals surface area contributed by atoms with E-state index in [4.69, 9.17) is 0 Å². The van der Waals surface area contributed by atoms with Gasteiger partial charge in [0.2, 0.25) is 0 Å². The van der Waals surface area contributed by atoms with E-state index in [1.165, 1.54) is 32.5 Å². The van der Waals surface area contributed by atoms with E-state index in [2.05, 4.69) is 34.0 Å². The molecule has 5 nitrogen and oxygen atoms in total. The van der Waals surface area contributed by atoms with E-state index in [1.807, 2.05) is 0 Å². The van der Waals surface area contributed by atoms with Gasteiger partial charge in [-0.25, -0.2) is 0 Å². The third-order valence-corrected chi connectivity index (χ3v) is 4.80. The lowest BCUT2D eigenvalue weighted by atomic mass is 10.0. The minimum atomic E-state index is -0.220.